The molecule has 2 N–H and O–H groups in total. The number of nitrogens with zero attached hydrogens (tertiary/aromatic N) is 2. The maximum atomic E-state index is 5.72. The molecule has 1 atom stereocenters. The van der Waals surface area contributed by atoms with Gasteiger partial charge in [-0.25, -0.2) is 0 Å². The lowest BCUT2D eigenvalue weighted by molar-refractivity contribution is 0.775. The van der Waals surface area contributed by atoms with E-state index in [1.807, 2.05) is 24.2 Å². The molecular weight excluding hydrogens is 206 g/mol. The molecule has 0 amide bonds. The number of aromatic nitrogens is 1. The fraction of sp³-hybridized carbons (Fsp3) is 0.545. The highest BCUT2D eigenvalue weighted by Gasteiger charge is 2.18. The van der Waals surface area contributed by atoms with Gasteiger partial charge < -0.3 is 10.6 Å². The minimum absolute atomic E-state index is 0.571. The van der Waals surface area contributed by atoms with Crippen molar-refractivity contribution in [3.05, 3.63) is 24.0 Å². The Morgan fingerprint density at radius 3 is 3.27 bits per heavy atom. The van der Waals surface area contributed by atoms with Gasteiger partial charge in [0.25, 0.3) is 0 Å². The predicted molar refractivity (Wildman–Crippen MR) is 66.3 cm³/mol. The first-order valence-electron chi connectivity index (χ1n) is 5.30. The van der Waals surface area contributed by atoms with Crippen LogP contribution in [0.25, 0.3) is 0 Å². The summed E-state index contributed by atoms with van der Waals surface area (Å²) in [4.78, 5) is 6.54. The van der Waals surface area contributed by atoms with Crippen LogP contribution < -0.4 is 10.6 Å². The van der Waals surface area contributed by atoms with Crippen LogP contribution in [0.5, 0.6) is 0 Å². The Bertz CT molecular complexity index is 329. The van der Waals surface area contributed by atoms with Gasteiger partial charge in [0, 0.05) is 54.3 Å². The minimum atomic E-state index is 0.571. The summed E-state index contributed by atoms with van der Waals surface area (Å²) in [5.74, 6) is 1.20. The van der Waals surface area contributed by atoms with Crippen molar-refractivity contribution in [2.45, 2.75) is 18.7 Å². The van der Waals surface area contributed by atoms with Crippen LogP contribution in [0.2, 0.25) is 0 Å². The number of pyridine rings is 1. The quantitative estimate of drug-likeness (QED) is 0.824. The summed E-state index contributed by atoms with van der Waals surface area (Å²) in [5.41, 5.74) is 8.13. The molecule has 1 aliphatic heterocycles. The van der Waals surface area contributed by atoms with Crippen molar-refractivity contribution in [2.75, 3.05) is 23.7 Å². The van der Waals surface area contributed by atoms with Gasteiger partial charge in [-0.3, -0.25) is 4.98 Å². The average molecular weight is 223 g/mol. The second kappa shape index (κ2) is 4.86. The number of thioether (sulfide) groups is 1. The average Bonchev–Trinajstić information content (AvgIpc) is 2.29. The highest BCUT2D eigenvalue weighted by molar-refractivity contribution is 8.00. The fourth-order valence-electron chi connectivity index (χ4n) is 1.92. The van der Waals surface area contributed by atoms with Crippen molar-refractivity contribution < 1.29 is 0 Å². The van der Waals surface area contributed by atoms with E-state index in [-0.39, 0.29) is 0 Å². The van der Waals surface area contributed by atoms with Crippen LogP contribution in [-0.4, -0.2) is 29.1 Å². The zero-order valence-electron chi connectivity index (χ0n) is 9.02. The second-order valence-electron chi connectivity index (χ2n) is 3.84. The summed E-state index contributed by atoms with van der Waals surface area (Å²) in [7, 11) is 0. The number of hydrogen-bond acceptors (Lipinski definition) is 4. The second-order valence-corrected chi connectivity index (χ2v) is 5.38. The maximum absolute atomic E-state index is 5.72. The van der Waals surface area contributed by atoms with Gasteiger partial charge >= 0.3 is 0 Å². The van der Waals surface area contributed by atoms with Crippen molar-refractivity contribution in [1.29, 1.82) is 0 Å². The predicted octanol–water partition coefficient (Wildman–Crippen LogP) is 1.48. The van der Waals surface area contributed by atoms with Gasteiger partial charge in [-0.15, -0.1) is 0 Å². The maximum Gasteiger partial charge on any atom is 0.0443 e. The van der Waals surface area contributed by atoms with E-state index in [1.54, 1.807) is 0 Å². The molecule has 82 valence electrons. The highest BCUT2D eigenvalue weighted by atomic mass is 32.2. The Morgan fingerprint density at radius 2 is 2.53 bits per heavy atom. The first kappa shape index (κ1) is 10.8. The molecule has 3 nitrogen and oxygen atoms in total. The third-order valence-corrected chi connectivity index (χ3v) is 3.82. The molecule has 0 aromatic carbocycles. The lowest BCUT2D eigenvalue weighted by Crippen LogP contribution is -2.37. The van der Waals surface area contributed by atoms with E-state index in [4.69, 9.17) is 5.73 Å². The molecule has 1 aromatic rings. The van der Waals surface area contributed by atoms with Crippen molar-refractivity contribution in [2.24, 2.45) is 5.73 Å². The van der Waals surface area contributed by atoms with E-state index in [2.05, 4.69) is 22.9 Å². The summed E-state index contributed by atoms with van der Waals surface area (Å²) in [6.45, 7) is 5.08. The van der Waals surface area contributed by atoms with Crippen LogP contribution in [0.1, 0.15) is 12.5 Å². The van der Waals surface area contributed by atoms with Crippen LogP contribution in [0, 0.1) is 0 Å². The topological polar surface area (TPSA) is 42.2 Å². The molecule has 0 spiro atoms. The normalized spacial score (nSPS) is 21.7. The molecular formula is C11H17N3S. The standard InChI is InChI=1S/C11H17N3S/c1-9-8-14(4-5-15-9)11-2-3-13-7-10(11)6-12/h2-3,7,9H,4-6,8,12H2,1H3. The molecule has 1 saturated heterocycles. The Kier molecular flexibility index (Phi) is 3.49. The fourth-order valence-corrected chi connectivity index (χ4v) is 2.94. The van der Waals surface area contributed by atoms with Gasteiger partial charge in [0.1, 0.15) is 0 Å². The summed E-state index contributed by atoms with van der Waals surface area (Å²) in [6.07, 6.45) is 3.72. The number of hydrogen-bond donors (Lipinski definition) is 1. The number of rotatable bonds is 2. The molecule has 0 radical (unpaired) electrons. The van der Waals surface area contributed by atoms with E-state index in [9.17, 15) is 0 Å². The molecule has 4 heteroatoms. The van der Waals surface area contributed by atoms with Gasteiger partial charge in [-0.1, -0.05) is 6.92 Å². The molecule has 1 fully saturated rings. The monoisotopic (exact) mass is 223 g/mol. The first-order valence-corrected chi connectivity index (χ1v) is 6.35. The van der Waals surface area contributed by atoms with E-state index in [0.29, 0.717) is 11.8 Å². The van der Waals surface area contributed by atoms with Gasteiger partial charge in [0.2, 0.25) is 0 Å². The summed E-state index contributed by atoms with van der Waals surface area (Å²) < 4.78 is 0. The smallest absolute Gasteiger partial charge is 0.0443 e. The van der Waals surface area contributed by atoms with Crippen molar-refractivity contribution in [1.82, 2.24) is 4.98 Å². The first-order chi connectivity index (χ1) is 7.31. The van der Waals surface area contributed by atoms with Crippen molar-refractivity contribution in [3.63, 3.8) is 0 Å². The third-order valence-electron chi connectivity index (χ3n) is 2.68. The van der Waals surface area contributed by atoms with Crippen LogP contribution in [-0.2, 0) is 6.54 Å². The molecule has 0 bridgehead atoms. The van der Waals surface area contributed by atoms with Crippen molar-refractivity contribution in [3.8, 4) is 0 Å². The summed E-state index contributed by atoms with van der Waals surface area (Å²) in [6, 6.07) is 2.07. The van der Waals surface area contributed by atoms with Gasteiger partial charge in [-0.2, -0.15) is 11.8 Å². The SMILES string of the molecule is CC1CN(c2ccncc2CN)CCS1. The molecule has 0 saturated carbocycles. The largest absolute Gasteiger partial charge is 0.369 e. The molecule has 1 aliphatic rings. The van der Waals surface area contributed by atoms with E-state index >= 15 is 0 Å². The Labute approximate surface area is 95.1 Å². The minimum Gasteiger partial charge on any atom is -0.369 e. The molecule has 0 aliphatic carbocycles. The Hall–Kier alpha value is -0.740. The zero-order chi connectivity index (χ0) is 10.7. The molecule has 1 aromatic heterocycles. The van der Waals surface area contributed by atoms with Gasteiger partial charge in [0.05, 0.1) is 0 Å². The van der Waals surface area contributed by atoms with Crippen LogP contribution in [0.3, 0.4) is 0 Å². The third kappa shape index (κ3) is 2.44. The lowest BCUT2D eigenvalue weighted by Gasteiger charge is -2.33. The summed E-state index contributed by atoms with van der Waals surface area (Å²) >= 11 is 2.04. The Balaban J connectivity index is 2.20. The summed E-state index contributed by atoms with van der Waals surface area (Å²) in [5, 5.41) is 0.706. The molecule has 2 rings (SSSR count). The van der Waals surface area contributed by atoms with E-state index < -0.39 is 0 Å². The van der Waals surface area contributed by atoms with Crippen LogP contribution >= 0.6 is 11.8 Å². The number of anilines is 1. The lowest BCUT2D eigenvalue weighted by atomic mass is 10.2. The molecule has 1 unspecified atom stereocenters. The van der Waals surface area contributed by atoms with E-state index in [0.717, 1.165) is 18.7 Å². The zero-order valence-corrected chi connectivity index (χ0v) is 9.83. The van der Waals surface area contributed by atoms with Crippen molar-refractivity contribution >= 4 is 17.4 Å². The van der Waals surface area contributed by atoms with Gasteiger partial charge in [0.15, 0.2) is 0 Å². The van der Waals surface area contributed by atoms with Crippen LogP contribution in [0.15, 0.2) is 18.5 Å². The molecule has 15 heavy (non-hydrogen) atoms. The van der Waals surface area contributed by atoms with Crippen LogP contribution in [0.4, 0.5) is 5.69 Å². The van der Waals surface area contributed by atoms with E-state index in [1.165, 1.54) is 11.4 Å². The number of nitrogens with two attached hydrogens (primary N) is 1. The molecule has 2 heterocycles. The van der Waals surface area contributed by atoms with Gasteiger partial charge in [-0.05, 0) is 6.07 Å². The Morgan fingerprint density at radius 1 is 1.67 bits per heavy atom. The highest BCUT2D eigenvalue weighted by Crippen LogP contribution is 2.25.